The summed E-state index contributed by atoms with van der Waals surface area (Å²) in [6.07, 6.45) is 0. The van der Waals surface area contributed by atoms with E-state index in [0.29, 0.717) is 5.13 Å². The molecule has 1 heterocycles. The molecular weight excluding hydrogens is 302 g/mol. The van der Waals surface area contributed by atoms with Crippen LogP contribution in [0, 0.1) is 0 Å². The normalized spacial score (nSPS) is 12.2. The topological polar surface area (TPSA) is 140 Å². The van der Waals surface area contributed by atoms with Gasteiger partial charge in [-0.25, -0.2) is 18.5 Å². The molecule has 0 bridgehead atoms. The highest BCUT2D eigenvalue weighted by Gasteiger charge is 2.19. The Morgan fingerprint density at radius 1 is 1.40 bits per heavy atom. The Bertz CT molecular complexity index is 589. The first-order valence-electron chi connectivity index (χ1n) is 5.81. The molecule has 1 amide bonds. The van der Waals surface area contributed by atoms with Crippen molar-refractivity contribution >= 4 is 38.2 Å². The van der Waals surface area contributed by atoms with E-state index in [9.17, 15) is 13.2 Å². The molecule has 114 valence electrons. The van der Waals surface area contributed by atoms with E-state index in [-0.39, 0.29) is 28.5 Å². The Kier molecular flexibility index (Phi) is 4.95. The summed E-state index contributed by atoms with van der Waals surface area (Å²) in [4.78, 5) is 16.1. The van der Waals surface area contributed by atoms with Crippen LogP contribution in [0.3, 0.4) is 0 Å². The highest BCUT2D eigenvalue weighted by atomic mass is 32.2. The fourth-order valence-electron chi connectivity index (χ4n) is 1.26. The first-order chi connectivity index (χ1) is 8.98. The zero-order chi connectivity index (χ0) is 15.6. The monoisotopic (exact) mass is 321 g/mol. The van der Waals surface area contributed by atoms with E-state index in [4.69, 9.17) is 10.9 Å². The number of thiazole rings is 1. The van der Waals surface area contributed by atoms with Crippen molar-refractivity contribution in [3.63, 3.8) is 0 Å². The highest BCUT2D eigenvalue weighted by Crippen LogP contribution is 2.26. The van der Waals surface area contributed by atoms with Crippen LogP contribution in [0.5, 0.6) is 0 Å². The lowest BCUT2D eigenvalue weighted by Gasteiger charge is -2.19. The number of sulfonamides is 1. The molecule has 0 aliphatic heterocycles. The van der Waals surface area contributed by atoms with E-state index >= 15 is 0 Å². The molecule has 0 aromatic carbocycles. The summed E-state index contributed by atoms with van der Waals surface area (Å²) in [6.45, 7) is 5.79. The number of nitrogens with two attached hydrogens (primary N) is 2. The first-order valence-corrected chi connectivity index (χ1v) is 8.34. The van der Waals surface area contributed by atoms with Crippen LogP contribution in [-0.4, -0.2) is 37.1 Å². The molecule has 20 heavy (non-hydrogen) atoms. The molecule has 1 aromatic rings. The van der Waals surface area contributed by atoms with Gasteiger partial charge in [-0.2, -0.15) is 0 Å². The minimum Gasteiger partial charge on any atom is -0.382 e. The van der Waals surface area contributed by atoms with E-state index in [1.165, 1.54) is 0 Å². The van der Waals surface area contributed by atoms with Crippen LogP contribution in [0.1, 0.15) is 30.4 Å². The zero-order valence-corrected chi connectivity index (χ0v) is 13.2. The summed E-state index contributed by atoms with van der Waals surface area (Å²) >= 11 is 1.11. The maximum absolute atomic E-state index is 11.8. The van der Waals surface area contributed by atoms with Crippen molar-refractivity contribution in [2.45, 2.75) is 26.3 Å². The van der Waals surface area contributed by atoms with Gasteiger partial charge < -0.3 is 16.4 Å². The molecule has 10 heteroatoms. The van der Waals surface area contributed by atoms with Gasteiger partial charge in [-0.15, -0.1) is 0 Å². The average Bonchev–Trinajstić information content (AvgIpc) is 2.54. The van der Waals surface area contributed by atoms with Crippen LogP contribution in [-0.2, 0) is 10.0 Å². The Hall–Kier alpha value is -1.39. The summed E-state index contributed by atoms with van der Waals surface area (Å²) in [7, 11) is -3.60. The summed E-state index contributed by atoms with van der Waals surface area (Å²) in [5, 5.41) is 10.9. The van der Waals surface area contributed by atoms with E-state index in [2.05, 4.69) is 15.6 Å². The molecule has 1 aromatic heterocycles. The number of carbonyl (C=O) groups excluding carboxylic acids is 1. The van der Waals surface area contributed by atoms with Gasteiger partial charge >= 0.3 is 0 Å². The second-order valence-corrected chi connectivity index (χ2v) is 7.96. The Balaban J connectivity index is 2.69. The number of nitrogen functional groups attached to an aromatic ring is 1. The van der Waals surface area contributed by atoms with Crippen molar-refractivity contribution < 1.29 is 13.2 Å². The number of amides is 1. The van der Waals surface area contributed by atoms with Crippen LogP contribution >= 0.6 is 11.3 Å². The number of anilines is 2. The molecule has 0 saturated carbocycles. The Labute approximate surface area is 122 Å². The van der Waals surface area contributed by atoms with Crippen molar-refractivity contribution in [1.29, 1.82) is 0 Å². The summed E-state index contributed by atoms with van der Waals surface area (Å²) in [6, 6.07) is 0. The van der Waals surface area contributed by atoms with Crippen molar-refractivity contribution in [2.24, 2.45) is 5.14 Å². The van der Waals surface area contributed by atoms with Gasteiger partial charge in [-0.3, -0.25) is 4.79 Å². The van der Waals surface area contributed by atoms with Crippen molar-refractivity contribution in [2.75, 3.05) is 23.3 Å². The second-order valence-electron chi connectivity index (χ2n) is 5.23. The fourth-order valence-corrected chi connectivity index (χ4v) is 2.65. The third kappa shape index (κ3) is 5.72. The molecule has 8 nitrogen and oxygen atoms in total. The van der Waals surface area contributed by atoms with Gasteiger partial charge in [0.1, 0.15) is 10.7 Å². The number of hydrogen-bond donors (Lipinski definition) is 4. The minimum absolute atomic E-state index is 0.0724. The molecule has 6 N–H and O–H groups in total. The Morgan fingerprint density at radius 3 is 2.50 bits per heavy atom. The van der Waals surface area contributed by atoms with E-state index < -0.39 is 15.9 Å². The molecule has 0 saturated heterocycles. The van der Waals surface area contributed by atoms with Gasteiger partial charge in [-0.1, -0.05) is 11.3 Å². The zero-order valence-electron chi connectivity index (χ0n) is 11.6. The SMILES string of the molecule is CC(C)(C)Nc1nc(N)c(C(=O)NCCS(N)(=O)=O)s1. The van der Waals surface area contributed by atoms with Gasteiger partial charge in [-0.05, 0) is 20.8 Å². The molecule has 0 spiro atoms. The molecular formula is C10H19N5O3S2. The lowest BCUT2D eigenvalue weighted by Crippen LogP contribution is -2.31. The highest BCUT2D eigenvalue weighted by molar-refractivity contribution is 7.89. The van der Waals surface area contributed by atoms with E-state index in [1.54, 1.807) is 0 Å². The summed E-state index contributed by atoms with van der Waals surface area (Å²) < 4.78 is 21.5. The average molecular weight is 321 g/mol. The number of nitrogens with zero attached hydrogens (tertiary/aromatic N) is 1. The van der Waals surface area contributed by atoms with Gasteiger partial charge in [0.25, 0.3) is 5.91 Å². The summed E-state index contributed by atoms with van der Waals surface area (Å²) in [5.74, 6) is -0.690. The fraction of sp³-hybridized carbons (Fsp3) is 0.600. The molecule has 0 fully saturated rings. The van der Waals surface area contributed by atoms with Crippen LogP contribution < -0.4 is 21.5 Å². The third-order valence-corrected chi connectivity index (χ3v) is 3.77. The largest absolute Gasteiger partial charge is 0.382 e. The lowest BCUT2D eigenvalue weighted by molar-refractivity contribution is 0.0961. The molecule has 0 aliphatic rings. The molecule has 0 atom stereocenters. The molecule has 0 radical (unpaired) electrons. The minimum atomic E-state index is -3.60. The smallest absolute Gasteiger partial charge is 0.265 e. The molecule has 0 unspecified atom stereocenters. The van der Waals surface area contributed by atoms with Gasteiger partial charge in [0.2, 0.25) is 10.0 Å². The van der Waals surface area contributed by atoms with Crippen molar-refractivity contribution in [3.8, 4) is 0 Å². The molecule has 1 rings (SSSR count). The predicted molar refractivity (Wildman–Crippen MR) is 80.2 cm³/mol. The maximum atomic E-state index is 11.8. The van der Waals surface area contributed by atoms with Crippen LogP contribution in [0.2, 0.25) is 0 Å². The standard InChI is InChI=1S/C10H19N5O3S2/c1-10(2,3)15-9-14-7(11)6(19-9)8(16)13-4-5-20(12,17)18/h4-5,11H2,1-3H3,(H,13,16)(H,14,15)(H2,12,17,18). The number of carbonyl (C=O) groups is 1. The first kappa shape index (κ1) is 16.7. The van der Waals surface area contributed by atoms with Crippen molar-refractivity contribution in [3.05, 3.63) is 4.88 Å². The third-order valence-electron chi connectivity index (χ3n) is 2.01. The van der Waals surface area contributed by atoms with Crippen LogP contribution in [0.15, 0.2) is 0 Å². The number of rotatable bonds is 5. The molecule has 0 aliphatic carbocycles. The predicted octanol–water partition coefficient (Wildman–Crippen LogP) is -0.0460. The van der Waals surface area contributed by atoms with E-state index in [0.717, 1.165) is 11.3 Å². The Morgan fingerprint density at radius 2 is 2.00 bits per heavy atom. The van der Waals surface area contributed by atoms with Gasteiger partial charge in [0, 0.05) is 12.1 Å². The lowest BCUT2D eigenvalue weighted by atomic mass is 10.1. The van der Waals surface area contributed by atoms with E-state index in [1.807, 2.05) is 20.8 Å². The van der Waals surface area contributed by atoms with Gasteiger partial charge in [0.15, 0.2) is 5.13 Å². The number of nitrogens with one attached hydrogen (secondary N) is 2. The van der Waals surface area contributed by atoms with Crippen molar-refractivity contribution in [1.82, 2.24) is 10.3 Å². The quantitative estimate of drug-likeness (QED) is 0.599. The summed E-state index contributed by atoms with van der Waals surface area (Å²) in [5.41, 5.74) is 5.47. The van der Waals surface area contributed by atoms with Gasteiger partial charge in [0.05, 0.1) is 5.75 Å². The number of primary sulfonamides is 1. The van der Waals surface area contributed by atoms with Crippen LogP contribution in [0.25, 0.3) is 0 Å². The maximum Gasteiger partial charge on any atom is 0.265 e. The number of aromatic nitrogens is 1. The van der Waals surface area contributed by atoms with Crippen LogP contribution in [0.4, 0.5) is 10.9 Å². The number of hydrogen-bond acceptors (Lipinski definition) is 7. The second kappa shape index (κ2) is 5.94.